The summed E-state index contributed by atoms with van der Waals surface area (Å²) in [5, 5.41) is 20.6. The van der Waals surface area contributed by atoms with Crippen LogP contribution in [0.3, 0.4) is 0 Å². The molecule has 0 aliphatic heterocycles. The summed E-state index contributed by atoms with van der Waals surface area (Å²) in [6, 6.07) is 5.67. The molecule has 0 radical (unpaired) electrons. The van der Waals surface area contributed by atoms with E-state index in [1.54, 1.807) is 27.7 Å². The van der Waals surface area contributed by atoms with Crippen molar-refractivity contribution in [3.63, 3.8) is 0 Å². The number of thioether (sulfide) groups is 1. The normalized spacial score (nSPS) is 19.4. The number of hydrogen-bond acceptors (Lipinski definition) is 5. The molecule has 0 heterocycles. The van der Waals surface area contributed by atoms with Crippen LogP contribution in [0.4, 0.5) is 10.1 Å². The predicted octanol–water partition coefficient (Wildman–Crippen LogP) is 4.18. The number of rotatable bonds is 7. The number of hydrogen-bond donors (Lipinski definition) is 1. The lowest BCUT2D eigenvalue weighted by Gasteiger charge is -2.39. The summed E-state index contributed by atoms with van der Waals surface area (Å²) >= 11 is 1.39. The largest absolute Gasteiger partial charge is 0.269 e. The van der Waals surface area contributed by atoms with Crippen molar-refractivity contribution in [2.75, 3.05) is 5.75 Å². The van der Waals surface area contributed by atoms with Gasteiger partial charge in [0.15, 0.2) is 0 Å². The fourth-order valence-electron chi connectivity index (χ4n) is 2.64. The van der Waals surface area contributed by atoms with E-state index in [1.165, 1.54) is 17.8 Å². The molecule has 2 atom stereocenters. The molecule has 0 spiro atoms. The van der Waals surface area contributed by atoms with Gasteiger partial charge in [0.05, 0.1) is 32.3 Å². The average Bonchev–Trinajstić information content (AvgIpc) is 2.53. The van der Waals surface area contributed by atoms with Gasteiger partial charge in [-0.15, -0.1) is 11.8 Å². The summed E-state index contributed by atoms with van der Waals surface area (Å²) in [4.78, 5) is 10.6. The van der Waals surface area contributed by atoms with Crippen LogP contribution in [0.1, 0.15) is 52.5 Å². The smallest absolute Gasteiger partial charge is 0.258 e. The SMILES string of the molecule is CC(C)(C)[S@](=O)N[C@](C)(CSC1(C#N)CCC1)c1cc([N+](=O)[O-])ccc1F. The summed E-state index contributed by atoms with van der Waals surface area (Å²) in [5.41, 5.74) is -1.29. The van der Waals surface area contributed by atoms with Gasteiger partial charge in [0.2, 0.25) is 0 Å². The Morgan fingerprint density at radius 2 is 2.04 bits per heavy atom. The van der Waals surface area contributed by atoms with E-state index in [1.807, 2.05) is 0 Å². The van der Waals surface area contributed by atoms with Crippen LogP contribution in [0.2, 0.25) is 0 Å². The maximum Gasteiger partial charge on any atom is 0.269 e. The Morgan fingerprint density at radius 3 is 2.48 bits per heavy atom. The van der Waals surface area contributed by atoms with E-state index in [9.17, 15) is 24.0 Å². The van der Waals surface area contributed by atoms with Crippen LogP contribution < -0.4 is 4.72 Å². The van der Waals surface area contributed by atoms with Crippen LogP contribution in [0.15, 0.2) is 18.2 Å². The molecule has 0 saturated heterocycles. The van der Waals surface area contributed by atoms with Gasteiger partial charge < -0.3 is 0 Å². The fraction of sp³-hybridized carbons (Fsp3) is 0.611. The molecule has 1 aromatic rings. The van der Waals surface area contributed by atoms with Crippen LogP contribution >= 0.6 is 11.8 Å². The molecule has 0 amide bonds. The highest BCUT2D eigenvalue weighted by molar-refractivity contribution is 8.01. The minimum atomic E-state index is -1.53. The van der Waals surface area contributed by atoms with Crippen molar-refractivity contribution < 1.29 is 13.5 Å². The number of nitro groups is 1. The third kappa shape index (κ3) is 4.86. The van der Waals surface area contributed by atoms with Gasteiger partial charge in [0.1, 0.15) is 10.6 Å². The molecule has 0 unspecified atom stereocenters. The summed E-state index contributed by atoms with van der Waals surface area (Å²) in [6.07, 6.45) is 2.47. The Labute approximate surface area is 165 Å². The van der Waals surface area contributed by atoms with E-state index in [-0.39, 0.29) is 17.0 Å². The molecule has 27 heavy (non-hydrogen) atoms. The van der Waals surface area contributed by atoms with Gasteiger partial charge in [-0.1, -0.05) is 0 Å². The van der Waals surface area contributed by atoms with Gasteiger partial charge in [0.25, 0.3) is 5.69 Å². The van der Waals surface area contributed by atoms with Gasteiger partial charge in [-0.3, -0.25) is 10.1 Å². The topological polar surface area (TPSA) is 96.0 Å². The van der Waals surface area contributed by atoms with Crippen molar-refractivity contribution in [2.45, 2.75) is 62.0 Å². The molecule has 9 heteroatoms. The quantitative estimate of drug-likeness (QED) is 0.534. The molecule has 0 bridgehead atoms. The second kappa shape index (κ2) is 7.86. The standard InChI is InChI=1S/C18H24FN3O3S2/c1-16(2,3)27(25)21-17(4,12-26-18(11-20)8-5-9-18)14-10-13(22(23)24)6-7-15(14)19/h6-7,10,21H,5,8-9,12H2,1-4H3/t17-,27+/m1/s1. The van der Waals surface area contributed by atoms with E-state index in [0.29, 0.717) is 0 Å². The Kier molecular flexibility index (Phi) is 6.34. The molecule has 2 rings (SSSR count). The average molecular weight is 414 g/mol. The number of nitriles is 1. The molecule has 0 aromatic heterocycles. The highest BCUT2D eigenvalue weighted by atomic mass is 32.2. The first-order chi connectivity index (χ1) is 12.4. The van der Waals surface area contributed by atoms with E-state index < -0.39 is 36.8 Å². The number of nitrogens with one attached hydrogen (secondary N) is 1. The van der Waals surface area contributed by atoms with Crippen LogP contribution in [0.5, 0.6) is 0 Å². The first kappa shape index (κ1) is 21.8. The number of benzene rings is 1. The minimum absolute atomic E-state index is 0.0780. The summed E-state index contributed by atoms with van der Waals surface area (Å²) in [6.45, 7) is 7.04. The van der Waals surface area contributed by atoms with Crippen LogP contribution in [-0.4, -0.2) is 24.4 Å². The molecule has 1 fully saturated rings. The number of nitro benzene ring substituents is 1. The van der Waals surface area contributed by atoms with E-state index >= 15 is 0 Å². The van der Waals surface area contributed by atoms with Crippen molar-refractivity contribution in [1.29, 1.82) is 5.26 Å². The number of halogens is 1. The fourth-order valence-corrected chi connectivity index (χ4v) is 5.06. The minimum Gasteiger partial charge on any atom is -0.258 e. The van der Waals surface area contributed by atoms with E-state index in [2.05, 4.69) is 10.8 Å². The second-order valence-electron chi connectivity index (χ2n) is 7.98. The molecule has 1 N–H and O–H groups in total. The second-order valence-corrected chi connectivity index (χ2v) is 11.3. The maximum absolute atomic E-state index is 14.6. The van der Waals surface area contributed by atoms with E-state index in [4.69, 9.17) is 0 Å². The predicted molar refractivity (Wildman–Crippen MR) is 106 cm³/mol. The lowest BCUT2D eigenvalue weighted by atomic mass is 9.86. The zero-order valence-corrected chi connectivity index (χ0v) is 17.5. The molecule has 1 aliphatic rings. The van der Waals surface area contributed by atoms with E-state index in [0.717, 1.165) is 31.4 Å². The van der Waals surface area contributed by atoms with Gasteiger partial charge >= 0.3 is 0 Å². The zero-order valence-electron chi connectivity index (χ0n) is 15.9. The van der Waals surface area contributed by atoms with Crippen molar-refractivity contribution in [2.24, 2.45) is 0 Å². The number of non-ortho nitro benzene ring substituents is 1. The Hall–Kier alpha value is -1.50. The lowest BCUT2D eigenvalue weighted by Crippen LogP contribution is -2.49. The third-order valence-electron chi connectivity index (χ3n) is 4.63. The Bertz CT molecular complexity index is 800. The molecular formula is C18H24FN3O3S2. The summed E-state index contributed by atoms with van der Waals surface area (Å²) < 4.78 is 29.2. The molecule has 1 saturated carbocycles. The first-order valence-electron chi connectivity index (χ1n) is 8.62. The number of nitrogens with zero attached hydrogens (tertiary/aromatic N) is 2. The van der Waals surface area contributed by atoms with Crippen molar-refractivity contribution in [3.8, 4) is 6.07 Å². The molecule has 1 aromatic carbocycles. The van der Waals surface area contributed by atoms with Gasteiger partial charge in [-0.05, 0) is 53.0 Å². The van der Waals surface area contributed by atoms with Crippen molar-refractivity contribution in [3.05, 3.63) is 39.7 Å². The Balaban J connectivity index is 2.43. The van der Waals surface area contributed by atoms with Gasteiger partial charge in [0, 0.05) is 23.4 Å². The Morgan fingerprint density at radius 1 is 1.41 bits per heavy atom. The van der Waals surface area contributed by atoms with Crippen LogP contribution in [0.25, 0.3) is 0 Å². The molecule has 6 nitrogen and oxygen atoms in total. The van der Waals surface area contributed by atoms with Crippen LogP contribution in [-0.2, 0) is 16.5 Å². The lowest BCUT2D eigenvalue weighted by molar-refractivity contribution is -0.385. The summed E-state index contributed by atoms with van der Waals surface area (Å²) in [5.74, 6) is -0.345. The van der Waals surface area contributed by atoms with Crippen molar-refractivity contribution in [1.82, 2.24) is 4.72 Å². The van der Waals surface area contributed by atoms with Crippen LogP contribution in [0, 0.1) is 27.3 Å². The maximum atomic E-state index is 14.6. The third-order valence-corrected chi connectivity index (χ3v) is 8.15. The monoisotopic (exact) mass is 413 g/mol. The molecule has 148 valence electrons. The van der Waals surface area contributed by atoms with Crippen molar-refractivity contribution >= 4 is 28.4 Å². The highest BCUT2D eigenvalue weighted by Crippen LogP contribution is 2.46. The molecule has 1 aliphatic carbocycles. The van der Waals surface area contributed by atoms with Gasteiger partial charge in [-0.2, -0.15) is 5.26 Å². The van der Waals surface area contributed by atoms with Gasteiger partial charge in [-0.25, -0.2) is 13.3 Å². The first-order valence-corrected chi connectivity index (χ1v) is 10.8. The zero-order chi connectivity index (χ0) is 20.5. The molecular weight excluding hydrogens is 389 g/mol. The highest BCUT2D eigenvalue weighted by Gasteiger charge is 2.42. The summed E-state index contributed by atoms with van der Waals surface area (Å²) in [7, 11) is -1.53.